The van der Waals surface area contributed by atoms with Crippen molar-refractivity contribution in [2.45, 2.75) is 25.1 Å². The maximum Gasteiger partial charge on any atom is 0.419 e. The Bertz CT molecular complexity index is 1210. The van der Waals surface area contributed by atoms with Crippen molar-refractivity contribution >= 4 is 16.8 Å². The van der Waals surface area contributed by atoms with Crippen LogP contribution in [0.3, 0.4) is 0 Å². The number of amides is 1. The second kappa shape index (κ2) is 7.47. The summed E-state index contributed by atoms with van der Waals surface area (Å²) in [7, 11) is 0. The number of halogens is 6. The molecule has 11 heteroatoms. The van der Waals surface area contributed by atoms with Gasteiger partial charge in [-0.25, -0.2) is 13.2 Å². The molecule has 1 aliphatic heterocycles. The second-order valence-electron chi connectivity index (χ2n) is 7.26. The van der Waals surface area contributed by atoms with Gasteiger partial charge in [0.25, 0.3) is 5.56 Å². The van der Waals surface area contributed by atoms with Crippen molar-refractivity contribution in [1.29, 1.82) is 0 Å². The molecule has 2 aromatic heterocycles. The first-order chi connectivity index (χ1) is 14.6. The fourth-order valence-electron chi connectivity index (χ4n) is 3.61. The van der Waals surface area contributed by atoms with E-state index in [-0.39, 0.29) is 16.5 Å². The number of hydrogen-bond donors (Lipinski definition) is 1. The summed E-state index contributed by atoms with van der Waals surface area (Å²) in [6.07, 6.45) is -5.89. The molecule has 1 saturated heterocycles. The second-order valence-corrected chi connectivity index (χ2v) is 7.26. The number of benzene rings is 1. The standard InChI is InChI=1S/C20H15F6N3O2/c21-13-2-1-10(5-12(13)20(24,25)26)11-6-27-16-3-4-28(19(31)18(11)16)9-17(30)29-7-14(22)15(23)8-29/h1-6,14-15,27H,7-9H2. The molecular formula is C20H15F6N3O2. The van der Waals surface area contributed by atoms with E-state index in [4.69, 9.17) is 0 Å². The SMILES string of the molecule is O=C(Cn1ccc2[nH]cc(-c3ccc(F)c(C(F)(F)F)c3)c2c1=O)N1CC(F)C(F)C1. The monoisotopic (exact) mass is 443 g/mol. The number of carbonyl (C=O) groups is 1. The van der Waals surface area contributed by atoms with Crippen LogP contribution in [-0.4, -0.2) is 45.8 Å². The van der Waals surface area contributed by atoms with E-state index in [1.54, 1.807) is 0 Å². The molecule has 5 nitrogen and oxygen atoms in total. The van der Waals surface area contributed by atoms with E-state index in [1.165, 1.54) is 18.5 Å². The lowest BCUT2D eigenvalue weighted by Crippen LogP contribution is -2.35. The molecule has 0 aliphatic carbocycles. The minimum atomic E-state index is -4.92. The topological polar surface area (TPSA) is 58.1 Å². The van der Waals surface area contributed by atoms with Crippen molar-refractivity contribution < 1.29 is 31.1 Å². The molecule has 1 aliphatic rings. The van der Waals surface area contributed by atoms with Crippen molar-refractivity contribution in [2.24, 2.45) is 0 Å². The summed E-state index contributed by atoms with van der Waals surface area (Å²) in [5.74, 6) is -2.11. The van der Waals surface area contributed by atoms with Crippen molar-refractivity contribution in [3.63, 3.8) is 0 Å². The number of aromatic amines is 1. The molecule has 3 aromatic rings. The number of pyridine rings is 1. The maximum atomic E-state index is 13.6. The molecule has 1 N–H and O–H groups in total. The third-order valence-electron chi connectivity index (χ3n) is 5.23. The van der Waals surface area contributed by atoms with Gasteiger partial charge >= 0.3 is 6.18 Å². The highest BCUT2D eigenvalue weighted by molar-refractivity contribution is 5.95. The predicted octanol–water partition coefficient (Wildman–Crippen LogP) is 3.67. The summed E-state index contributed by atoms with van der Waals surface area (Å²) in [4.78, 5) is 29.0. The molecule has 0 bridgehead atoms. The molecule has 2 atom stereocenters. The van der Waals surface area contributed by atoms with Gasteiger partial charge in [0.15, 0.2) is 12.3 Å². The van der Waals surface area contributed by atoms with Crippen LogP contribution in [0.4, 0.5) is 26.3 Å². The number of aromatic nitrogens is 2. The van der Waals surface area contributed by atoms with E-state index < -0.39 is 61.0 Å². The van der Waals surface area contributed by atoms with Crippen LogP contribution in [0.5, 0.6) is 0 Å². The Morgan fingerprint density at radius 1 is 1.13 bits per heavy atom. The fraction of sp³-hybridized carbons (Fsp3) is 0.300. The van der Waals surface area contributed by atoms with Gasteiger partial charge in [-0.3, -0.25) is 9.59 Å². The third-order valence-corrected chi connectivity index (χ3v) is 5.23. The largest absolute Gasteiger partial charge is 0.419 e. The number of fused-ring (bicyclic) bond motifs is 1. The van der Waals surface area contributed by atoms with Crippen LogP contribution in [0, 0.1) is 5.82 Å². The van der Waals surface area contributed by atoms with Crippen LogP contribution in [0.2, 0.25) is 0 Å². The third kappa shape index (κ3) is 3.79. The Morgan fingerprint density at radius 3 is 2.45 bits per heavy atom. The average Bonchev–Trinajstić information content (AvgIpc) is 3.27. The first-order valence-electron chi connectivity index (χ1n) is 9.20. The molecule has 164 valence electrons. The van der Waals surface area contributed by atoms with Gasteiger partial charge in [-0.05, 0) is 23.8 Å². The van der Waals surface area contributed by atoms with Crippen LogP contribution in [0.15, 0.2) is 41.5 Å². The molecule has 3 heterocycles. The first kappa shape index (κ1) is 21.0. The number of rotatable bonds is 3. The van der Waals surface area contributed by atoms with E-state index in [1.807, 2.05) is 0 Å². The van der Waals surface area contributed by atoms with Crippen LogP contribution in [0.25, 0.3) is 22.0 Å². The van der Waals surface area contributed by atoms with Crippen LogP contribution < -0.4 is 5.56 Å². The summed E-state index contributed by atoms with van der Waals surface area (Å²) < 4.78 is 80.5. The number of likely N-dealkylation sites (tertiary alicyclic amines) is 1. The Kier molecular flexibility index (Phi) is 5.06. The molecule has 1 fully saturated rings. The maximum absolute atomic E-state index is 13.6. The Hall–Kier alpha value is -3.24. The van der Waals surface area contributed by atoms with E-state index in [0.717, 1.165) is 15.5 Å². The number of nitrogens with zero attached hydrogens (tertiary/aromatic N) is 2. The molecule has 4 rings (SSSR count). The van der Waals surface area contributed by atoms with Crippen molar-refractivity contribution in [3.8, 4) is 11.1 Å². The molecular weight excluding hydrogens is 428 g/mol. The van der Waals surface area contributed by atoms with Gasteiger partial charge in [-0.2, -0.15) is 13.2 Å². The summed E-state index contributed by atoms with van der Waals surface area (Å²) >= 11 is 0. The molecule has 0 saturated carbocycles. The van der Waals surface area contributed by atoms with E-state index >= 15 is 0 Å². The highest BCUT2D eigenvalue weighted by Gasteiger charge is 2.36. The van der Waals surface area contributed by atoms with Crippen LogP contribution >= 0.6 is 0 Å². The molecule has 0 spiro atoms. The summed E-state index contributed by atoms with van der Waals surface area (Å²) in [5, 5.41) is 0.00295. The van der Waals surface area contributed by atoms with Crippen LogP contribution in [-0.2, 0) is 17.5 Å². The quantitative estimate of drug-likeness (QED) is 0.628. The van der Waals surface area contributed by atoms with Gasteiger partial charge in [-0.1, -0.05) is 6.07 Å². The Morgan fingerprint density at radius 2 is 1.81 bits per heavy atom. The van der Waals surface area contributed by atoms with E-state index in [2.05, 4.69) is 4.98 Å². The van der Waals surface area contributed by atoms with Gasteiger partial charge in [0.05, 0.1) is 29.6 Å². The Labute approximate surface area is 170 Å². The number of alkyl halides is 5. The van der Waals surface area contributed by atoms with Crippen molar-refractivity contribution in [3.05, 3.63) is 58.4 Å². The zero-order valence-corrected chi connectivity index (χ0v) is 15.7. The van der Waals surface area contributed by atoms with Crippen LogP contribution in [0.1, 0.15) is 5.56 Å². The lowest BCUT2D eigenvalue weighted by molar-refractivity contribution is -0.140. The summed E-state index contributed by atoms with van der Waals surface area (Å²) in [6, 6.07) is 3.83. The zero-order chi connectivity index (χ0) is 22.5. The summed E-state index contributed by atoms with van der Waals surface area (Å²) in [5.41, 5.74) is -1.80. The number of nitrogens with one attached hydrogen (secondary N) is 1. The zero-order valence-electron chi connectivity index (χ0n) is 15.7. The number of hydrogen-bond acceptors (Lipinski definition) is 2. The molecule has 1 amide bonds. The molecule has 2 unspecified atom stereocenters. The highest BCUT2D eigenvalue weighted by Crippen LogP contribution is 2.35. The minimum Gasteiger partial charge on any atom is -0.360 e. The molecule has 0 radical (unpaired) electrons. The van der Waals surface area contributed by atoms with Crippen molar-refractivity contribution in [2.75, 3.05) is 13.1 Å². The van der Waals surface area contributed by atoms with Gasteiger partial charge in [0.2, 0.25) is 5.91 Å². The van der Waals surface area contributed by atoms with Gasteiger partial charge in [-0.15, -0.1) is 0 Å². The lowest BCUT2D eigenvalue weighted by atomic mass is 10.0. The average molecular weight is 443 g/mol. The van der Waals surface area contributed by atoms with E-state index in [9.17, 15) is 35.9 Å². The molecule has 31 heavy (non-hydrogen) atoms. The number of carbonyl (C=O) groups excluding carboxylic acids is 1. The lowest BCUT2D eigenvalue weighted by Gasteiger charge is -2.16. The number of H-pyrrole nitrogens is 1. The highest BCUT2D eigenvalue weighted by atomic mass is 19.4. The van der Waals surface area contributed by atoms with Crippen molar-refractivity contribution in [1.82, 2.24) is 14.5 Å². The first-order valence-corrected chi connectivity index (χ1v) is 9.20. The predicted molar refractivity (Wildman–Crippen MR) is 99.3 cm³/mol. The Balaban J connectivity index is 1.72. The van der Waals surface area contributed by atoms with Gasteiger partial charge < -0.3 is 14.5 Å². The van der Waals surface area contributed by atoms with Gasteiger partial charge in [0.1, 0.15) is 12.4 Å². The minimum absolute atomic E-state index is 0.00295. The van der Waals surface area contributed by atoms with E-state index in [0.29, 0.717) is 17.6 Å². The van der Waals surface area contributed by atoms with Gasteiger partial charge in [0, 0.05) is 18.0 Å². The smallest absolute Gasteiger partial charge is 0.360 e. The fourth-order valence-corrected chi connectivity index (χ4v) is 3.61. The normalized spacial score (nSPS) is 19.4. The summed E-state index contributed by atoms with van der Waals surface area (Å²) in [6.45, 7) is -1.32. The molecule has 1 aromatic carbocycles.